The summed E-state index contributed by atoms with van der Waals surface area (Å²) in [6, 6.07) is 10.3. The minimum Gasteiger partial charge on any atom is -0.354 e. The fraction of sp³-hybridized carbons (Fsp3) is 0.444. The van der Waals surface area contributed by atoms with Gasteiger partial charge >= 0.3 is 0 Å². The van der Waals surface area contributed by atoms with E-state index in [1.807, 2.05) is 19.3 Å². The van der Waals surface area contributed by atoms with Gasteiger partial charge in [0.15, 0.2) is 0 Å². The zero-order valence-electron chi connectivity index (χ0n) is 13.1. The number of aromatic nitrogens is 1. The number of nitrogens with zero attached hydrogens (tertiary/aromatic N) is 2. The number of hydrogen-bond acceptors (Lipinski definition) is 3. The molecule has 0 bridgehead atoms. The normalized spacial score (nSPS) is 19.2. The Balaban J connectivity index is 1.59. The summed E-state index contributed by atoms with van der Waals surface area (Å²) in [6.07, 6.45) is 5.95. The van der Waals surface area contributed by atoms with Crippen molar-refractivity contribution in [1.82, 2.24) is 15.2 Å². The van der Waals surface area contributed by atoms with E-state index in [4.69, 9.17) is 0 Å². The molecule has 1 aliphatic rings. The Hall–Kier alpha value is -1.94. The van der Waals surface area contributed by atoms with E-state index in [-0.39, 0.29) is 11.9 Å². The largest absolute Gasteiger partial charge is 0.354 e. The van der Waals surface area contributed by atoms with E-state index >= 15 is 0 Å². The Morgan fingerprint density at radius 2 is 2.18 bits per heavy atom. The SMILES string of the molecule is CN1CCCC[C@@H]1C(=O)NCCc1cccc2cccnc12. The van der Waals surface area contributed by atoms with Gasteiger partial charge in [-0.05, 0) is 44.5 Å². The van der Waals surface area contributed by atoms with Crippen molar-refractivity contribution in [2.75, 3.05) is 20.1 Å². The fourth-order valence-corrected chi connectivity index (χ4v) is 3.21. The second kappa shape index (κ2) is 6.88. The molecule has 1 amide bonds. The molecular weight excluding hydrogens is 274 g/mol. The van der Waals surface area contributed by atoms with Gasteiger partial charge < -0.3 is 5.32 Å². The van der Waals surface area contributed by atoms with Gasteiger partial charge in [-0.3, -0.25) is 14.7 Å². The van der Waals surface area contributed by atoms with Gasteiger partial charge in [0.05, 0.1) is 11.6 Å². The summed E-state index contributed by atoms with van der Waals surface area (Å²) in [4.78, 5) is 18.9. The Labute approximate surface area is 131 Å². The number of likely N-dealkylation sites (N-methyl/N-ethyl adjacent to an activating group) is 1. The second-order valence-electron chi connectivity index (χ2n) is 6.03. The minimum absolute atomic E-state index is 0.0411. The van der Waals surface area contributed by atoms with E-state index in [1.54, 1.807) is 0 Å². The predicted molar refractivity (Wildman–Crippen MR) is 88.7 cm³/mol. The third kappa shape index (κ3) is 3.28. The summed E-state index contributed by atoms with van der Waals surface area (Å²) < 4.78 is 0. The molecule has 116 valence electrons. The van der Waals surface area contributed by atoms with E-state index < -0.39 is 0 Å². The van der Waals surface area contributed by atoms with Crippen LogP contribution in [0.25, 0.3) is 10.9 Å². The van der Waals surface area contributed by atoms with Crippen LogP contribution in [0.15, 0.2) is 36.5 Å². The lowest BCUT2D eigenvalue weighted by Gasteiger charge is -2.31. The molecule has 1 aromatic heterocycles. The number of hydrogen-bond donors (Lipinski definition) is 1. The molecule has 0 aliphatic carbocycles. The van der Waals surface area contributed by atoms with E-state index in [9.17, 15) is 4.79 Å². The van der Waals surface area contributed by atoms with Crippen LogP contribution in [-0.2, 0) is 11.2 Å². The first-order chi connectivity index (χ1) is 10.8. The molecule has 1 N–H and O–H groups in total. The van der Waals surface area contributed by atoms with Crippen molar-refractivity contribution in [2.24, 2.45) is 0 Å². The number of piperidine rings is 1. The van der Waals surface area contributed by atoms with Gasteiger partial charge in [0.1, 0.15) is 0 Å². The molecule has 0 unspecified atom stereocenters. The quantitative estimate of drug-likeness (QED) is 0.942. The molecule has 1 fully saturated rings. The molecule has 1 atom stereocenters. The number of carbonyl (C=O) groups excluding carboxylic acids is 1. The highest BCUT2D eigenvalue weighted by atomic mass is 16.2. The molecule has 0 saturated carbocycles. The Kier molecular flexibility index (Phi) is 4.68. The standard InChI is InChI=1S/C18H23N3O/c1-21-13-3-2-9-16(21)18(22)20-12-10-15-7-4-6-14-8-5-11-19-17(14)15/h4-8,11,16H,2-3,9-10,12-13H2,1H3,(H,20,22)/t16-/m1/s1. The number of amides is 1. The molecule has 1 aromatic carbocycles. The van der Waals surface area contributed by atoms with Crippen LogP contribution in [0.2, 0.25) is 0 Å². The summed E-state index contributed by atoms with van der Waals surface area (Å²) in [5.41, 5.74) is 2.23. The number of nitrogens with one attached hydrogen (secondary N) is 1. The maximum Gasteiger partial charge on any atom is 0.237 e. The van der Waals surface area contributed by atoms with Crippen LogP contribution in [0.5, 0.6) is 0 Å². The van der Waals surface area contributed by atoms with Crippen LogP contribution in [-0.4, -0.2) is 42.0 Å². The summed E-state index contributed by atoms with van der Waals surface area (Å²) in [5, 5.41) is 4.24. The molecule has 3 rings (SSSR count). The van der Waals surface area contributed by atoms with Crippen LogP contribution in [0.4, 0.5) is 0 Å². The molecule has 1 saturated heterocycles. The monoisotopic (exact) mass is 297 g/mol. The predicted octanol–water partition coefficient (Wildman–Crippen LogP) is 2.38. The minimum atomic E-state index is 0.0411. The van der Waals surface area contributed by atoms with Gasteiger partial charge in [0, 0.05) is 18.1 Å². The number of para-hydroxylation sites is 1. The number of carbonyl (C=O) groups is 1. The summed E-state index contributed by atoms with van der Waals surface area (Å²) in [6.45, 7) is 1.68. The van der Waals surface area contributed by atoms with Crippen LogP contribution in [0.1, 0.15) is 24.8 Å². The van der Waals surface area contributed by atoms with Crippen molar-refractivity contribution in [3.63, 3.8) is 0 Å². The molecule has 4 nitrogen and oxygen atoms in total. The van der Waals surface area contributed by atoms with Crippen molar-refractivity contribution < 1.29 is 4.79 Å². The zero-order valence-corrected chi connectivity index (χ0v) is 13.1. The molecular formula is C18H23N3O. The van der Waals surface area contributed by atoms with Crippen molar-refractivity contribution in [3.05, 3.63) is 42.1 Å². The van der Waals surface area contributed by atoms with Crippen LogP contribution < -0.4 is 5.32 Å². The summed E-state index contributed by atoms with van der Waals surface area (Å²) in [5.74, 6) is 0.162. The third-order valence-electron chi connectivity index (χ3n) is 4.48. The first-order valence-electron chi connectivity index (χ1n) is 8.06. The summed E-state index contributed by atoms with van der Waals surface area (Å²) >= 11 is 0. The topological polar surface area (TPSA) is 45.2 Å². The van der Waals surface area contributed by atoms with Gasteiger partial charge in [-0.1, -0.05) is 30.7 Å². The molecule has 2 heterocycles. The number of benzene rings is 1. The lowest BCUT2D eigenvalue weighted by Crippen LogP contribution is -2.47. The van der Waals surface area contributed by atoms with Crippen LogP contribution in [0.3, 0.4) is 0 Å². The first-order valence-corrected chi connectivity index (χ1v) is 8.06. The molecule has 1 aliphatic heterocycles. The van der Waals surface area contributed by atoms with Crippen molar-refractivity contribution in [2.45, 2.75) is 31.7 Å². The molecule has 4 heteroatoms. The Morgan fingerprint density at radius 3 is 3.05 bits per heavy atom. The van der Waals surface area contributed by atoms with Gasteiger partial charge in [0.2, 0.25) is 5.91 Å². The van der Waals surface area contributed by atoms with Gasteiger partial charge in [-0.15, -0.1) is 0 Å². The number of fused-ring (bicyclic) bond motifs is 1. The highest BCUT2D eigenvalue weighted by Gasteiger charge is 2.25. The smallest absolute Gasteiger partial charge is 0.237 e. The molecule has 22 heavy (non-hydrogen) atoms. The van der Waals surface area contributed by atoms with E-state index in [0.29, 0.717) is 6.54 Å². The Bertz CT molecular complexity index is 650. The third-order valence-corrected chi connectivity index (χ3v) is 4.48. The molecule has 2 aromatic rings. The highest BCUT2D eigenvalue weighted by molar-refractivity contribution is 5.83. The lowest BCUT2D eigenvalue weighted by molar-refractivity contribution is -0.126. The van der Waals surface area contributed by atoms with Gasteiger partial charge in [-0.2, -0.15) is 0 Å². The van der Waals surface area contributed by atoms with Crippen molar-refractivity contribution >= 4 is 16.8 Å². The zero-order chi connectivity index (χ0) is 15.4. The summed E-state index contributed by atoms with van der Waals surface area (Å²) in [7, 11) is 2.04. The highest BCUT2D eigenvalue weighted by Crippen LogP contribution is 2.17. The number of rotatable bonds is 4. The van der Waals surface area contributed by atoms with E-state index in [1.165, 1.54) is 12.0 Å². The second-order valence-corrected chi connectivity index (χ2v) is 6.03. The van der Waals surface area contributed by atoms with Crippen molar-refractivity contribution in [1.29, 1.82) is 0 Å². The van der Waals surface area contributed by atoms with Crippen LogP contribution in [0, 0.1) is 0 Å². The first kappa shape index (κ1) is 15.0. The van der Waals surface area contributed by atoms with E-state index in [2.05, 4.69) is 39.5 Å². The van der Waals surface area contributed by atoms with Crippen LogP contribution >= 0.6 is 0 Å². The average Bonchev–Trinajstić information content (AvgIpc) is 2.55. The molecule has 0 spiro atoms. The average molecular weight is 297 g/mol. The fourth-order valence-electron chi connectivity index (χ4n) is 3.21. The van der Waals surface area contributed by atoms with Gasteiger partial charge in [0.25, 0.3) is 0 Å². The lowest BCUT2D eigenvalue weighted by atomic mass is 10.0. The van der Waals surface area contributed by atoms with Crippen molar-refractivity contribution in [3.8, 4) is 0 Å². The maximum absolute atomic E-state index is 12.3. The van der Waals surface area contributed by atoms with Gasteiger partial charge in [-0.25, -0.2) is 0 Å². The Morgan fingerprint density at radius 1 is 1.32 bits per heavy atom. The maximum atomic E-state index is 12.3. The van der Waals surface area contributed by atoms with E-state index in [0.717, 1.165) is 36.7 Å². The number of pyridine rings is 1. The molecule has 0 radical (unpaired) electrons. The number of likely N-dealkylation sites (tertiary alicyclic amines) is 1.